The molecule has 2 rings (SSSR count). The van der Waals surface area contributed by atoms with E-state index in [-0.39, 0.29) is 11.7 Å². The summed E-state index contributed by atoms with van der Waals surface area (Å²) in [4.78, 5) is 16.2. The summed E-state index contributed by atoms with van der Waals surface area (Å²) in [6.07, 6.45) is 0. The van der Waals surface area contributed by atoms with Gasteiger partial charge in [0, 0.05) is 15.7 Å². The minimum atomic E-state index is -0.290. The molecule has 0 aliphatic heterocycles. The first kappa shape index (κ1) is 13.2. The third-order valence-electron chi connectivity index (χ3n) is 2.49. The molecule has 0 spiro atoms. The number of carbonyl (C=O) groups excluding carboxylic acids is 1. The molecule has 1 heterocycles. The molecule has 94 valence electrons. The van der Waals surface area contributed by atoms with E-state index < -0.39 is 0 Å². The quantitative estimate of drug-likeness (QED) is 0.924. The molecule has 0 aliphatic rings. The maximum atomic E-state index is 12.0. The van der Waals surface area contributed by atoms with Crippen LogP contribution in [-0.2, 0) is 0 Å². The van der Waals surface area contributed by atoms with Crippen molar-refractivity contribution in [2.24, 2.45) is 0 Å². The van der Waals surface area contributed by atoms with E-state index in [1.54, 1.807) is 43.3 Å². The summed E-state index contributed by atoms with van der Waals surface area (Å²) in [6.45, 7) is 1.80. The zero-order valence-corrected chi connectivity index (χ0v) is 11.7. The lowest BCUT2D eigenvalue weighted by atomic mass is 10.2. The van der Waals surface area contributed by atoms with E-state index in [2.05, 4.69) is 26.2 Å². The lowest BCUT2D eigenvalue weighted by molar-refractivity contribution is 0.102. The van der Waals surface area contributed by atoms with E-state index >= 15 is 0 Å². The summed E-state index contributed by atoms with van der Waals surface area (Å²) in [5.41, 5.74) is 1.59. The van der Waals surface area contributed by atoms with Gasteiger partial charge in [-0.1, -0.05) is 15.9 Å². The third kappa shape index (κ3) is 3.18. The van der Waals surface area contributed by atoms with Gasteiger partial charge < -0.3 is 5.32 Å². The van der Waals surface area contributed by atoms with Gasteiger partial charge in [-0.25, -0.2) is 4.98 Å². The van der Waals surface area contributed by atoms with E-state index in [4.69, 9.17) is 5.26 Å². The van der Waals surface area contributed by atoms with Crippen molar-refractivity contribution in [2.45, 2.75) is 6.92 Å². The van der Waals surface area contributed by atoms with Crippen LogP contribution in [-0.4, -0.2) is 10.9 Å². The van der Waals surface area contributed by atoms with Gasteiger partial charge in [0.25, 0.3) is 5.91 Å². The maximum absolute atomic E-state index is 12.0. The van der Waals surface area contributed by atoms with Gasteiger partial charge in [-0.05, 0) is 43.3 Å². The number of amides is 1. The van der Waals surface area contributed by atoms with Crippen molar-refractivity contribution in [3.8, 4) is 6.07 Å². The monoisotopic (exact) mass is 315 g/mol. The Labute approximate surface area is 119 Å². The molecule has 5 heteroatoms. The Morgan fingerprint density at radius 2 is 1.95 bits per heavy atom. The number of hydrogen-bond donors (Lipinski definition) is 1. The molecule has 0 saturated heterocycles. The smallest absolute Gasteiger partial charge is 0.256 e. The first-order valence-electron chi connectivity index (χ1n) is 5.55. The Morgan fingerprint density at radius 3 is 2.58 bits per heavy atom. The normalized spacial score (nSPS) is 9.74. The number of nitriles is 1. The number of pyridine rings is 1. The molecule has 0 radical (unpaired) electrons. The van der Waals surface area contributed by atoms with E-state index in [0.717, 1.165) is 10.2 Å². The minimum absolute atomic E-state index is 0.287. The molecule has 0 saturated carbocycles. The molecule has 0 bridgehead atoms. The van der Waals surface area contributed by atoms with Crippen LogP contribution in [0.5, 0.6) is 0 Å². The average Bonchev–Trinajstić information content (AvgIpc) is 2.39. The average molecular weight is 316 g/mol. The highest BCUT2D eigenvalue weighted by Crippen LogP contribution is 2.15. The maximum Gasteiger partial charge on any atom is 0.256 e. The molecule has 0 atom stereocenters. The van der Waals surface area contributed by atoms with Crippen LogP contribution in [0.3, 0.4) is 0 Å². The van der Waals surface area contributed by atoms with Gasteiger partial charge in [-0.2, -0.15) is 5.26 Å². The van der Waals surface area contributed by atoms with Gasteiger partial charge in [0.2, 0.25) is 0 Å². The van der Waals surface area contributed by atoms with E-state index in [9.17, 15) is 4.79 Å². The first-order valence-corrected chi connectivity index (χ1v) is 6.34. The second-order valence-corrected chi connectivity index (χ2v) is 4.84. The van der Waals surface area contributed by atoms with E-state index in [1.807, 2.05) is 6.07 Å². The lowest BCUT2D eigenvalue weighted by Gasteiger charge is -2.07. The van der Waals surface area contributed by atoms with Crippen LogP contribution in [0.4, 0.5) is 5.82 Å². The number of nitrogens with one attached hydrogen (secondary N) is 1. The van der Waals surface area contributed by atoms with Gasteiger partial charge in [-0.3, -0.25) is 4.79 Å². The van der Waals surface area contributed by atoms with Crippen LogP contribution in [0, 0.1) is 18.3 Å². The molecule has 2 aromatic rings. The van der Waals surface area contributed by atoms with Gasteiger partial charge in [0.1, 0.15) is 6.07 Å². The summed E-state index contributed by atoms with van der Waals surface area (Å²) in [5.74, 6) is -0.00230. The highest BCUT2D eigenvalue weighted by atomic mass is 79.9. The van der Waals surface area contributed by atoms with Crippen molar-refractivity contribution >= 4 is 27.7 Å². The first-order chi connectivity index (χ1) is 9.10. The number of anilines is 1. The van der Waals surface area contributed by atoms with Crippen LogP contribution in [0.1, 0.15) is 21.6 Å². The third-order valence-corrected chi connectivity index (χ3v) is 3.02. The van der Waals surface area contributed by atoms with Gasteiger partial charge in [-0.15, -0.1) is 0 Å². The Bertz CT molecular complexity index is 659. The zero-order chi connectivity index (χ0) is 13.8. The lowest BCUT2D eigenvalue weighted by Crippen LogP contribution is -2.14. The number of aromatic nitrogens is 1. The van der Waals surface area contributed by atoms with Crippen molar-refractivity contribution in [3.63, 3.8) is 0 Å². The summed E-state index contributed by atoms with van der Waals surface area (Å²) in [7, 11) is 0. The Hall–Kier alpha value is -2.19. The SMILES string of the molecule is Cc1ccc(C#N)c(NC(=O)c2ccc(Br)cc2)n1. The number of halogens is 1. The number of hydrogen-bond acceptors (Lipinski definition) is 3. The molecule has 0 aliphatic carbocycles. The Balaban J connectivity index is 2.26. The standard InChI is InChI=1S/C14H10BrN3O/c1-9-2-3-11(8-16)13(17-9)18-14(19)10-4-6-12(15)7-5-10/h2-7H,1H3,(H,17,18,19). The topological polar surface area (TPSA) is 65.8 Å². The van der Waals surface area contributed by atoms with Gasteiger partial charge in [0.15, 0.2) is 5.82 Å². The largest absolute Gasteiger partial charge is 0.305 e. The molecule has 4 nitrogen and oxygen atoms in total. The summed E-state index contributed by atoms with van der Waals surface area (Å²) in [6, 6.07) is 12.3. The highest BCUT2D eigenvalue weighted by Gasteiger charge is 2.10. The van der Waals surface area contributed by atoms with E-state index in [0.29, 0.717) is 11.1 Å². The molecule has 1 aromatic heterocycles. The van der Waals surface area contributed by atoms with Crippen molar-refractivity contribution in [1.29, 1.82) is 5.26 Å². The van der Waals surface area contributed by atoms with Crippen molar-refractivity contribution < 1.29 is 4.79 Å². The van der Waals surface area contributed by atoms with Gasteiger partial charge >= 0.3 is 0 Å². The van der Waals surface area contributed by atoms with Crippen molar-refractivity contribution in [3.05, 3.63) is 57.7 Å². The van der Waals surface area contributed by atoms with Crippen molar-refractivity contribution in [2.75, 3.05) is 5.32 Å². The van der Waals surface area contributed by atoms with Crippen molar-refractivity contribution in [1.82, 2.24) is 4.98 Å². The molecule has 0 fully saturated rings. The van der Waals surface area contributed by atoms with Gasteiger partial charge in [0.05, 0.1) is 5.56 Å². The van der Waals surface area contributed by atoms with Crippen LogP contribution in [0.2, 0.25) is 0 Å². The number of carbonyl (C=O) groups is 1. The second-order valence-electron chi connectivity index (χ2n) is 3.92. The number of rotatable bonds is 2. The van der Waals surface area contributed by atoms with Crippen LogP contribution >= 0.6 is 15.9 Å². The summed E-state index contributed by atoms with van der Waals surface area (Å²) < 4.78 is 0.899. The predicted octanol–water partition coefficient (Wildman–Crippen LogP) is 3.28. The fraction of sp³-hybridized carbons (Fsp3) is 0.0714. The minimum Gasteiger partial charge on any atom is -0.305 e. The zero-order valence-electron chi connectivity index (χ0n) is 10.1. The van der Waals surface area contributed by atoms with Crippen LogP contribution in [0.15, 0.2) is 40.9 Å². The second kappa shape index (κ2) is 5.63. The molecule has 1 aromatic carbocycles. The number of aryl methyl sites for hydroxylation is 1. The molecule has 1 amide bonds. The predicted molar refractivity (Wildman–Crippen MR) is 75.8 cm³/mol. The van der Waals surface area contributed by atoms with E-state index in [1.165, 1.54) is 0 Å². The molecular formula is C14H10BrN3O. The summed E-state index contributed by atoms with van der Waals surface area (Å²) >= 11 is 3.31. The molecular weight excluding hydrogens is 306 g/mol. The molecule has 19 heavy (non-hydrogen) atoms. The molecule has 1 N–H and O–H groups in total. The Morgan fingerprint density at radius 1 is 1.26 bits per heavy atom. The highest BCUT2D eigenvalue weighted by molar-refractivity contribution is 9.10. The fourth-order valence-corrected chi connectivity index (χ4v) is 1.79. The molecule has 0 unspecified atom stereocenters. The summed E-state index contributed by atoms with van der Waals surface area (Å²) in [5, 5.41) is 11.6. The number of benzene rings is 1. The number of nitrogens with zero attached hydrogens (tertiary/aromatic N) is 2. The van der Waals surface area contributed by atoms with Crippen LogP contribution in [0.25, 0.3) is 0 Å². The Kier molecular flexibility index (Phi) is 3.93. The fourth-order valence-electron chi connectivity index (χ4n) is 1.52. The van der Waals surface area contributed by atoms with Crippen LogP contribution < -0.4 is 5.32 Å².